The molecule has 0 unspecified atom stereocenters. The highest BCUT2D eigenvalue weighted by molar-refractivity contribution is 7.99. The van der Waals surface area contributed by atoms with Crippen LogP contribution in [0.25, 0.3) is 5.69 Å². The van der Waals surface area contributed by atoms with Gasteiger partial charge in [-0.25, -0.2) is 4.98 Å². The molecule has 0 saturated carbocycles. The molecular weight excluding hydrogens is 516 g/mol. The molecule has 37 heavy (non-hydrogen) atoms. The second kappa shape index (κ2) is 12.2. The first-order chi connectivity index (χ1) is 18.0. The number of aromatic nitrogens is 4. The van der Waals surface area contributed by atoms with Gasteiger partial charge in [0.05, 0.1) is 33.6 Å². The molecule has 0 aliphatic rings. The fourth-order valence-corrected chi connectivity index (χ4v) is 4.70. The Labute approximate surface area is 221 Å². The first kappa shape index (κ1) is 26.0. The number of thiazole rings is 1. The summed E-state index contributed by atoms with van der Waals surface area (Å²) >= 11 is 2.57. The van der Waals surface area contributed by atoms with Gasteiger partial charge in [0.1, 0.15) is 0 Å². The van der Waals surface area contributed by atoms with E-state index in [0.717, 1.165) is 5.69 Å². The standard InChI is InChI=1S/C24H24N6O5S2/c1-33-17-11-15(12-18(34-2)21(17)35-3)22(32)26-13-19-28-29-24(30(19)16-7-5-4-6-8-16)37-14-20(31)27-23-25-9-10-36-23/h4-12H,13-14H2,1-3H3,(H,26,32)(H,25,27,31). The van der Waals surface area contributed by atoms with Gasteiger partial charge in [-0.05, 0) is 24.3 Å². The van der Waals surface area contributed by atoms with E-state index in [1.54, 1.807) is 28.3 Å². The molecule has 192 valence electrons. The third kappa shape index (κ3) is 6.19. The third-order valence-corrected chi connectivity index (χ3v) is 6.68. The number of anilines is 1. The van der Waals surface area contributed by atoms with E-state index in [9.17, 15) is 9.59 Å². The molecule has 2 amide bonds. The molecule has 0 aliphatic heterocycles. The lowest BCUT2D eigenvalue weighted by atomic mass is 10.1. The van der Waals surface area contributed by atoms with Gasteiger partial charge < -0.3 is 24.8 Å². The van der Waals surface area contributed by atoms with Crippen LogP contribution >= 0.6 is 23.1 Å². The predicted molar refractivity (Wildman–Crippen MR) is 140 cm³/mol. The SMILES string of the molecule is COc1cc(C(=O)NCc2nnc(SCC(=O)Nc3nccs3)n2-c2ccccc2)cc(OC)c1OC. The average Bonchev–Trinajstić information content (AvgIpc) is 3.59. The van der Waals surface area contributed by atoms with Crippen LogP contribution in [0.4, 0.5) is 5.13 Å². The predicted octanol–water partition coefficient (Wildman–Crippen LogP) is 3.41. The molecule has 0 aliphatic carbocycles. The van der Waals surface area contributed by atoms with Gasteiger partial charge in [0.2, 0.25) is 11.7 Å². The van der Waals surface area contributed by atoms with Gasteiger partial charge in [-0.1, -0.05) is 30.0 Å². The molecule has 4 rings (SSSR count). The average molecular weight is 541 g/mol. The summed E-state index contributed by atoms with van der Waals surface area (Å²) in [5.74, 6) is 1.17. The summed E-state index contributed by atoms with van der Waals surface area (Å²) < 4.78 is 17.8. The van der Waals surface area contributed by atoms with Crippen molar-refractivity contribution in [2.24, 2.45) is 0 Å². The lowest BCUT2D eigenvalue weighted by Crippen LogP contribution is -2.25. The molecule has 2 aromatic heterocycles. The summed E-state index contributed by atoms with van der Waals surface area (Å²) in [4.78, 5) is 29.4. The van der Waals surface area contributed by atoms with Crippen molar-refractivity contribution < 1.29 is 23.8 Å². The van der Waals surface area contributed by atoms with Crippen LogP contribution in [-0.4, -0.2) is 58.6 Å². The maximum Gasteiger partial charge on any atom is 0.251 e. The number of amides is 2. The first-order valence-corrected chi connectivity index (χ1v) is 12.8. The summed E-state index contributed by atoms with van der Waals surface area (Å²) in [6, 6.07) is 12.6. The molecular formula is C24H24N6O5S2. The molecule has 0 saturated heterocycles. The number of hydrogen-bond donors (Lipinski definition) is 2. The van der Waals surface area contributed by atoms with Crippen LogP contribution in [0.15, 0.2) is 59.2 Å². The lowest BCUT2D eigenvalue weighted by molar-refractivity contribution is -0.113. The summed E-state index contributed by atoms with van der Waals surface area (Å²) in [5, 5.41) is 17.0. The highest BCUT2D eigenvalue weighted by atomic mass is 32.2. The number of benzene rings is 2. The van der Waals surface area contributed by atoms with Crippen LogP contribution in [0.3, 0.4) is 0 Å². The van der Waals surface area contributed by atoms with Gasteiger partial charge in [0, 0.05) is 22.8 Å². The van der Waals surface area contributed by atoms with Gasteiger partial charge >= 0.3 is 0 Å². The van der Waals surface area contributed by atoms with Crippen molar-refractivity contribution in [3.05, 3.63) is 65.4 Å². The van der Waals surface area contributed by atoms with E-state index in [4.69, 9.17) is 14.2 Å². The Morgan fingerprint density at radius 1 is 1.03 bits per heavy atom. The lowest BCUT2D eigenvalue weighted by Gasteiger charge is -2.14. The fraction of sp³-hybridized carbons (Fsp3) is 0.208. The number of nitrogens with zero attached hydrogens (tertiary/aromatic N) is 4. The van der Waals surface area contributed by atoms with E-state index >= 15 is 0 Å². The normalized spacial score (nSPS) is 10.6. The van der Waals surface area contributed by atoms with E-state index in [0.29, 0.717) is 38.9 Å². The fourth-order valence-electron chi connectivity index (χ4n) is 3.39. The van der Waals surface area contributed by atoms with Crippen LogP contribution in [0.2, 0.25) is 0 Å². The smallest absolute Gasteiger partial charge is 0.251 e. The van der Waals surface area contributed by atoms with Gasteiger partial charge in [0.25, 0.3) is 5.91 Å². The molecule has 2 N–H and O–H groups in total. The zero-order valence-electron chi connectivity index (χ0n) is 20.3. The van der Waals surface area contributed by atoms with Crippen molar-refractivity contribution in [1.29, 1.82) is 0 Å². The largest absolute Gasteiger partial charge is 0.493 e. The Morgan fingerprint density at radius 2 is 1.76 bits per heavy atom. The van der Waals surface area contributed by atoms with Gasteiger partial charge in [-0.2, -0.15) is 0 Å². The Bertz CT molecular complexity index is 1340. The summed E-state index contributed by atoms with van der Waals surface area (Å²) in [5.41, 5.74) is 1.13. The number of nitrogens with one attached hydrogen (secondary N) is 2. The number of ether oxygens (including phenoxy) is 3. The number of rotatable bonds is 11. The summed E-state index contributed by atoms with van der Waals surface area (Å²) in [6.07, 6.45) is 1.62. The van der Waals surface area contributed by atoms with E-state index in [1.165, 1.54) is 44.4 Å². The number of para-hydroxylation sites is 1. The minimum atomic E-state index is -0.362. The van der Waals surface area contributed by atoms with Crippen LogP contribution in [0.1, 0.15) is 16.2 Å². The maximum absolute atomic E-state index is 13.0. The molecule has 2 aromatic carbocycles. The minimum Gasteiger partial charge on any atom is -0.493 e. The van der Waals surface area contributed by atoms with Crippen LogP contribution in [0.5, 0.6) is 17.2 Å². The van der Waals surface area contributed by atoms with Gasteiger partial charge in [-0.15, -0.1) is 21.5 Å². The second-order valence-electron chi connectivity index (χ2n) is 7.34. The van der Waals surface area contributed by atoms with Crippen molar-refractivity contribution in [3.63, 3.8) is 0 Å². The second-order valence-corrected chi connectivity index (χ2v) is 9.18. The molecule has 0 bridgehead atoms. The molecule has 0 fully saturated rings. The van der Waals surface area contributed by atoms with Crippen molar-refractivity contribution in [2.45, 2.75) is 11.7 Å². The molecule has 0 spiro atoms. The molecule has 11 nitrogen and oxygen atoms in total. The molecule has 2 heterocycles. The topological polar surface area (TPSA) is 129 Å². The molecule has 13 heteroatoms. The number of hydrogen-bond acceptors (Lipinski definition) is 10. The number of carbonyl (C=O) groups excluding carboxylic acids is 2. The zero-order valence-corrected chi connectivity index (χ0v) is 21.9. The molecule has 0 atom stereocenters. The van der Waals surface area contributed by atoms with Crippen molar-refractivity contribution in [3.8, 4) is 22.9 Å². The zero-order chi connectivity index (χ0) is 26.2. The van der Waals surface area contributed by atoms with Crippen LogP contribution < -0.4 is 24.8 Å². The van der Waals surface area contributed by atoms with E-state index in [-0.39, 0.29) is 24.1 Å². The monoisotopic (exact) mass is 540 g/mol. The van der Waals surface area contributed by atoms with E-state index in [1.807, 2.05) is 30.3 Å². The van der Waals surface area contributed by atoms with Crippen molar-refractivity contribution >= 4 is 40.0 Å². The number of thioether (sulfide) groups is 1. The Balaban J connectivity index is 1.52. The van der Waals surface area contributed by atoms with Crippen LogP contribution in [-0.2, 0) is 11.3 Å². The van der Waals surface area contributed by atoms with Crippen LogP contribution in [0, 0.1) is 0 Å². The molecule has 0 radical (unpaired) electrons. The highest BCUT2D eigenvalue weighted by Gasteiger charge is 2.20. The van der Waals surface area contributed by atoms with Crippen molar-refractivity contribution in [2.75, 3.05) is 32.4 Å². The molecule has 4 aromatic rings. The highest BCUT2D eigenvalue weighted by Crippen LogP contribution is 2.38. The Kier molecular flexibility index (Phi) is 8.59. The Hall–Kier alpha value is -4.10. The number of methoxy groups -OCH3 is 3. The first-order valence-electron chi connectivity index (χ1n) is 10.9. The quantitative estimate of drug-likeness (QED) is 0.275. The van der Waals surface area contributed by atoms with Gasteiger partial charge in [-0.3, -0.25) is 14.2 Å². The van der Waals surface area contributed by atoms with Crippen molar-refractivity contribution in [1.82, 2.24) is 25.1 Å². The number of carbonyl (C=O) groups is 2. The third-order valence-electron chi connectivity index (χ3n) is 5.06. The Morgan fingerprint density at radius 3 is 2.38 bits per heavy atom. The van der Waals surface area contributed by atoms with Gasteiger partial charge in [0.15, 0.2) is 27.6 Å². The summed E-state index contributed by atoms with van der Waals surface area (Å²) in [6.45, 7) is 0.0866. The van der Waals surface area contributed by atoms with E-state index in [2.05, 4.69) is 25.8 Å². The maximum atomic E-state index is 13.0. The summed E-state index contributed by atoms with van der Waals surface area (Å²) in [7, 11) is 4.46. The minimum absolute atomic E-state index is 0.0866. The van der Waals surface area contributed by atoms with E-state index < -0.39 is 0 Å².